The number of nitrogens with zero attached hydrogens (tertiary/aromatic N) is 3. The molecule has 9 heteroatoms. The minimum absolute atomic E-state index is 0.189. The Morgan fingerprint density at radius 1 is 0.857 bits per heavy atom. The van der Waals surface area contributed by atoms with Crippen LogP contribution in [0.1, 0.15) is 18.3 Å². The Morgan fingerprint density at radius 3 is 2.04 bits per heavy atom. The Balaban J connectivity index is 1.96. The minimum Gasteiger partial charge on any atom is -0.261 e. The summed E-state index contributed by atoms with van der Waals surface area (Å²) >= 11 is 0. The van der Waals surface area contributed by atoms with Gasteiger partial charge in [0.15, 0.2) is 23.3 Å². The van der Waals surface area contributed by atoms with Crippen molar-refractivity contribution in [3.63, 3.8) is 0 Å². The molecule has 0 amide bonds. The maximum absolute atomic E-state index is 13.9. The SMILES string of the molecule is C/C(=N/Nc1cc(-c2ccccc2)nc(C)n1)c1c(F)c(F)c(F)c(F)c1F. The monoisotopic (exact) mass is 392 g/mol. The zero-order valence-corrected chi connectivity index (χ0v) is 14.7. The summed E-state index contributed by atoms with van der Waals surface area (Å²) in [5.41, 5.74) is 2.29. The van der Waals surface area contributed by atoms with Gasteiger partial charge in [0.1, 0.15) is 11.6 Å². The van der Waals surface area contributed by atoms with Gasteiger partial charge in [-0.3, -0.25) is 5.43 Å². The third-order valence-corrected chi connectivity index (χ3v) is 3.82. The fourth-order valence-corrected chi connectivity index (χ4v) is 2.50. The van der Waals surface area contributed by atoms with Gasteiger partial charge in [0.2, 0.25) is 5.82 Å². The van der Waals surface area contributed by atoms with Crippen molar-refractivity contribution in [2.24, 2.45) is 5.10 Å². The molecule has 0 fully saturated rings. The number of nitrogens with one attached hydrogen (secondary N) is 1. The maximum atomic E-state index is 13.9. The molecule has 0 spiro atoms. The second kappa shape index (κ2) is 7.71. The summed E-state index contributed by atoms with van der Waals surface area (Å²) < 4.78 is 67.6. The van der Waals surface area contributed by atoms with E-state index < -0.39 is 40.4 Å². The van der Waals surface area contributed by atoms with Crippen LogP contribution in [0, 0.1) is 36.0 Å². The normalized spacial score (nSPS) is 11.6. The summed E-state index contributed by atoms with van der Waals surface area (Å²) in [7, 11) is 0. The van der Waals surface area contributed by atoms with E-state index in [0.717, 1.165) is 12.5 Å². The first-order valence-corrected chi connectivity index (χ1v) is 8.02. The molecular formula is C19H13F5N4. The quantitative estimate of drug-likeness (QED) is 0.224. The van der Waals surface area contributed by atoms with Gasteiger partial charge >= 0.3 is 0 Å². The van der Waals surface area contributed by atoms with Gasteiger partial charge in [-0.25, -0.2) is 31.9 Å². The van der Waals surface area contributed by atoms with E-state index in [1.807, 2.05) is 30.3 Å². The van der Waals surface area contributed by atoms with E-state index in [9.17, 15) is 22.0 Å². The first kappa shape index (κ1) is 19.4. The smallest absolute Gasteiger partial charge is 0.200 e. The van der Waals surface area contributed by atoms with Crippen molar-refractivity contribution in [2.75, 3.05) is 5.43 Å². The van der Waals surface area contributed by atoms with E-state index in [-0.39, 0.29) is 5.82 Å². The highest BCUT2D eigenvalue weighted by Crippen LogP contribution is 2.24. The molecule has 3 aromatic rings. The number of benzene rings is 2. The molecule has 28 heavy (non-hydrogen) atoms. The van der Waals surface area contributed by atoms with E-state index in [2.05, 4.69) is 20.5 Å². The van der Waals surface area contributed by atoms with Crippen LogP contribution in [0.4, 0.5) is 27.8 Å². The molecule has 1 N–H and O–H groups in total. The lowest BCUT2D eigenvalue weighted by Crippen LogP contribution is -2.12. The molecular weight excluding hydrogens is 379 g/mol. The summed E-state index contributed by atoms with van der Waals surface area (Å²) in [5, 5.41) is 3.71. The summed E-state index contributed by atoms with van der Waals surface area (Å²) in [6.45, 7) is 2.75. The fraction of sp³-hybridized carbons (Fsp3) is 0.105. The molecule has 0 aliphatic heterocycles. The van der Waals surface area contributed by atoms with Gasteiger partial charge in [0.25, 0.3) is 0 Å². The molecule has 1 heterocycles. The van der Waals surface area contributed by atoms with Crippen LogP contribution in [0.25, 0.3) is 11.3 Å². The van der Waals surface area contributed by atoms with E-state index >= 15 is 0 Å². The van der Waals surface area contributed by atoms with Crippen LogP contribution in [0.5, 0.6) is 0 Å². The lowest BCUT2D eigenvalue weighted by atomic mass is 10.1. The molecule has 0 unspecified atom stereocenters. The molecule has 3 rings (SSSR count). The van der Waals surface area contributed by atoms with Crippen molar-refractivity contribution < 1.29 is 22.0 Å². The number of hydrogen-bond acceptors (Lipinski definition) is 4. The van der Waals surface area contributed by atoms with Crippen molar-refractivity contribution in [2.45, 2.75) is 13.8 Å². The number of aryl methyl sites for hydroxylation is 1. The summed E-state index contributed by atoms with van der Waals surface area (Å²) in [4.78, 5) is 8.38. The lowest BCUT2D eigenvalue weighted by molar-refractivity contribution is 0.377. The standard InChI is InChI=1S/C19H13F5N4/c1-9(14-15(20)17(22)19(24)18(23)16(14)21)27-28-13-8-12(25-10(2)26-13)11-6-4-3-5-7-11/h3-8H,1-2H3,(H,25,26,28)/b27-9-. The zero-order chi connectivity index (χ0) is 20.4. The molecule has 0 aliphatic carbocycles. The zero-order valence-electron chi connectivity index (χ0n) is 14.7. The average molecular weight is 392 g/mol. The Hall–Kier alpha value is -3.36. The number of aromatic nitrogens is 2. The number of hydrazone groups is 1. The molecule has 2 aromatic carbocycles. The Kier molecular flexibility index (Phi) is 5.34. The largest absolute Gasteiger partial charge is 0.261 e. The highest BCUT2D eigenvalue weighted by molar-refractivity contribution is 5.99. The Labute approximate surface area is 156 Å². The lowest BCUT2D eigenvalue weighted by Gasteiger charge is -2.09. The van der Waals surface area contributed by atoms with Crippen LogP contribution in [-0.4, -0.2) is 15.7 Å². The number of anilines is 1. The van der Waals surface area contributed by atoms with Gasteiger partial charge in [-0.15, -0.1) is 0 Å². The van der Waals surface area contributed by atoms with E-state index in [4.69, 9.17) is 0 Å². The summed E-state index contributed by atoms with van der Waals surface area (Å²) in [6.07, 6.45) is 0. The number of halogens is 5. The molecule has 0 atom stereocenters. The van der Waals surface area contributed by atoms with Crippen molar-refractivity contribution in [1.29, 1.82) is 0 Å². The van der Waals surface area contributed by atoms with Crippen LogP contribution < -0.4 is 5.43 Å². The van der Waals surface area contributed by atoms with Crippen LogP contribution in [-0.2, 0) is 0 Å². The highest BCUT2D eigenvalue weighted by Gasteiger charge is 2.27. The first-order chi connectivity index (χ1) is 13.3. The summed E-state index contributed by atoms with van der Waals surface area (Å²) in [6, 6.07) is 10.7. The average Bonchev–Trinajstić information content (AvgIpc) is 2.69. The van der Waals surface area contributed by atoms with Gasteiger partial charge in [-0.1, -0.05) is 30.3 Å². The van der Waals surface area contributed by atoms with Crippen LogP contribution in [0.3, 0.4) is 0 Å². The summed E-state index contributed by atoms with van der Waals surface area (Å²) in [5.74, 6) is -9.62. The van der Waals surface area contributed by atoms with Gasteiger partial charge in [-0.05, 0) is 13.8 Å². The van der Waals surface area contributed by atoms with Gasteiger partial charge < -0.3 is 0 Å². The third kappa shape index (κ3) is 3.68. The second-order valence-electron chi connectivity index (χ2n) is 5.81. The molecule has 4 nitrogen and oxygen atoms in total. The van der Waals surface area contributed by atoms with Gasteiger partial charge in [0.05, 0.1) is 17.0 Å². The predicted octanol–water partition coefficient (Wildman–Crippen LogP) is 4.98. The van der Waals surface area contributed by atoms with Crippen LogP contribution in [0.15, 0.2) is 41.5 Å². The molecule has 1 aromatic heterocycles. The maximum Gasteiger partial charge on any atom is 0.200 e. The fourth-order valence-electron chi connectivity index (χ4n) is 2.50. The Morgan fingerprint density at radius 2 is 1.43 bits per heavy atom. The molecule has 0 aliphatic rings. The second-order valence-corrected chi connectivity index (χ2v) is 5.81. The number of hydrogen-bond donors (Lipinski definition) is 1. The van der Waals surface area contributed by atoms with E-state index in [0.29, 0.717) is 11.5 Å². The molecule has 0 saturated heterocycles. The van der Waals surface area contributed by atoms with Crippen LogP contribution in [0.2, 0.25) is 0 Å². The van der Waals surface area contributed by atoms with Gasteiger partial charge in [0, 0.05) is 11.6 Å². The highest BCUT2D eigenvalue weighted by atomic mass is 19.2. The van der Waals surface area contributed by atoms with Crippen LogP contribution >= 0.6 is 0 Å². The van der Waals surface area contributed by atoms with Crippen molar-refractivity contribution >= 4 is 11.5 Å². The predicted molar refractivity (Wildman–Crippen MR) is 94.3 cm³/mol. The molecule has 0 radical (unpaired) electrons. The van der Waals surface area contributed by atoms with Crippen molar-refractivity contribution in [3.8, 4) is 11.3 Å². The van der Waals surface area contributed by atoms with E-state index in [1.54, 1.807) is 6.92 Å². The third-order valence-electron chi connectivity index (χ3n) is 3.82. The minimum atomic E-state index is -2.22. The number of rotatable bonds is 4. The topological polar surface area (TPSA) is 50.2 Å². The van der Waals surface area contributed by atoms with Crippen molar-refractivity contribution in [3.05, 3.63) is 76.9 Å². The molecule has 0 bridgehead atoms. The van der Waals surface area contributed by atoms with E-state index in [1.165, 1.54) is 6.07 Å². The molecule has 0 saturated carbocycles. The van der Waals surface area contributed by atoms with Gasteiger partial charge in [-0.2, -0.15) is 5.10 Å². The first-order valence-electron chi connectivity index (χ1n) is 8.02. The van der Waals surface area contributed by atoms with Crippen molar-refractivity contribution in [1.82, 2.24) is 9.97 Å². The Bertz CT molecular complexity index is 1040. The molecule has 144 valence electrons.